The van der Waals surface area contributed by atoms with Crippen molar-refractivity contribution in [1.29, 1.82) is 5.26 Å². The van der Waals surface area contributed by atoms with Crippen LogP contribution in [0.3, 0.4) is 0 Å². The molecule has 0 amide bonds. The van der Waals surface area contributed by atoms with E-state index in [1.807, 2.05) is 11.3 Å². The van der Waals surface area contributed by atoms with E-state index in [1.165, 1.54) is 15.3 Å². The zero-order chi connectivity index (χ0) is 13.2. The molecule has 0 saturated heterocycles. The molecule has 2 aromatic rings. The molecule has 0 unspecified atom stereocenters. The van der Waals surface area contributed by atoms with Gasteiger partial charge >= 0.3 is 0 Å². The number of nitrogens with two attached hydrogens (primary N) is 1. The van der Waals surface area contributed by atoms with Crippen molar-refractivity contribution in [3.05, 3.63) is 38.4 Å². The van der Waals surface area contributed by atoms with E-state index in [9.17, 15) is 0 Å². The molecule has 1 aliphatic rings. The summed E-state index contributed by atoms with van der Waals surface area (Å²) in [5.41, 5.74) is 7.82. The molecule has 2 N–H and O–H groups in total. The summed E-state index contributed by atoms with van der Waals surface area (Å²) in [6.07, 6.45) is 2.06. The van der Waals surface area contributed by atoms with Crippen molar-refractivity contribution in [3.63, 3.8) is 0 Å². The second-order valence-corrected chi connectivity index (χ2v) is 6.88. The van der Waals surface area contributed by atoms with E-state index in [-0.39, 0.29) is 0 Å². The summed E-state index contributed by atoms with van der Waals surface area (Å²) in [6.45, 7) is 3.06. The molecule has 3 rings (SSSR count). The molecular formula is C14H15N3S2. The molecule has 3 nitrogen and oxygen atoms in total. The molecule has 0 atom stereocenters. The van der Waals surface area contributed by atoms with Crippen molar-refractivity contribution >= 4 is 27.7 Å². The van der Waals surface area contributed by atoms with Crippen molar-refractivity contribution in [2.24, 2.45) is 0 Å². The fourth-order valence-corrected chi connectivity index (χ4v) is 4.32. The summed E-state index contributed by atoms with van der Waals surface area (Å²) in [7, 11) is 0. The van der Waals surface area contributed by atoms with E-state index in [2.05, 4.69) is 28.5 Å². The molecule has 19 heavy (non-hydrogen) atoms. The fraction of sp³-hybridized carbons (Fsp3) is 0.357. The van der Waals surface area contributed by atoms with E-state index in [0.29, 0.717) is 5.00 Å². The largest absolute Gasteiger partial charge is 0.389 e. The Morgan fingerprint density at radius 1 is 1.47 bits per heavy atom. The molecule has 0 bridgehead atoms. The van der Waals surface area contributed by atoms with Crippen molar-refractivity contribution in [3.8, 4) is 6.07 Å². The molecule has 0 saturated carbocycles. The van der Waals surface area contributed by atoms with Crippen LogP contribution in [0.25, 0.3) is 0 Å². The van der Waals surface area contributed by atoms with Gasteiger partial charge in [0.25, 0.3) is 0 Å². The average Bonchev–Trinajstić information content (AvgIpc) is 3.01. The normalized spacial score (nSPS) is 15.1. The van der Waals surface area contributed by atoms with Crippen LogP contribution in [0.5, 0.6) is 0 Å². The summed E-state index contributed by atoms with van der Waals surface area (Å²) in [5, 5.41) is 11.9. The number of nitrogens with zero attached hydrogens (tertiary/aromatic N) is 2. The van der Waals surface area contributed by atoms with E-state index < -0.39 is 0 Å². The number of nitrogen functional groups attached to an aromatic ring is 1. The second-order valence-electron chi connectivity index (χ2n) is 4.71. The van der Waals surface area contributed by atoms with Gasteiger partial charge in [0.15, 0.2) is 0 Å². The van der Waals surface area contributed by atoms with Gasteiger partial charge in [-0.1, -0.05) is 6.07 Å². The molecule has 0 aromatic carbocycles. The summed E-state index contributed by atoms with van der Waals surface area (Å²) in [5.74, 6) is 0. The van der Waals surface area contributed by atoms with Crippen LogP contribution in [-0.4, -0.2) is 18.0 Å². The highest BCUT2D eigenvalue weighted by Gasteiger charge is 2.23. The van der Waals surface area contributed by atoms with Gasteiger partial charge in [0.1, 0.15) is 11.1 Å². The quantitative estimate of drug-likeness (QED) is 0.945. The van der Waals surface area contributed by atoms with Gasteiger partial charge in [0, 0.05) is 29.4 Å². The zero-order valence-electron chi connectivity index (χ0n) is 10.6. The molecule has 3 heterocycles. The van der Waals surface area contributed by atoms with Crippen molar-refractivity contribution in [1.82, 2.24) is 4.90 Å². The van der Waals surface area contributed by atoms with Gasteiger partial charge < -0.3 is 5.73 Å². The molecule has 0 radical (unpaired) electrons. The molecule has 0 spiro atoms. The molecule has 0 fully saturated rings. The van der Waals surface area contributed by atoms with Crippen LogP contribution in [0.4, 0.5) is 5.00 Å². The van der Waals surface area contributed by atoms with Crippen LogP contribution in [0.1, 0.15) is 20.9 Å². The number of nitriles is 1. The van der Waals surface area contributed by atoms with Gasteiger partial charge in [0.2, 0.25) is 0 Å². The Balaban J connectivity index is 1.67. The van der Waals surface area contributed by atoms with E-state index in [1.54, 1.807) is 11.3 Å². The Bertz CT molecular complexity index is 607. The van der Waals surface area contributed by atoms with Crippen molar-refractivity contribution in [2.75, 3.05) is 18.8 Å². The molecule has 0 aliphatic carbocycles. The number of rotatable bonds is 3. The lowest BCUT2D eigenvalue weighted by Crippen LogP contribution is -2.31. The molecule has 98 valence electrons. The predicted octanol–water partition coefficient (Wildman–Crippen LogP) is 2.86. The maximum atomic E-state index is 9.12. The minimum Gasteiger partial charge on any atom is -0.389 e. The maximum absolute atomic E-state index is 9.12. The van der Waals surface area contributed by atoms with Crippen LogP contribution in [0, 0.1) is 11.3 Å². The van der Waals surface area contributed by atoms with Gasteiger partial charge in [-0.25, -0.2) is 0 Å². The zero-order valence-corrected chi connectivity index (χ0v) is 12.2. The van der Waals surface area contributed by atoms with Crippen LogP contribution in [-0.2, 0) is 19.4 Å². The number of anilines is 1. The Morgan fingerprint density at radius 3 is 3.11 bits per heavy atom. The summed E-state index contributed by atoms with van der Waals surface area (Å²) in [6, 6.07) is 6.54. The first-order valence-electron chi connectivity index (χ1n) is 6.33. The van der Waals surface area contributed by atoms with Crippen LogP contribution >= 0.6 is 22.7 Å². The Labute approximate surface area is 120 Å². The summed E-state index contributed by atoms with van der Waals surface area (Å²) in [4.78, 5) is 5.18. The van der Waals surface area contributed by atoms with Gasteiger partial charge in [-0.15, -0.1) is 22.7 Å². The lowest BCUT2D eigenvalue weighted by Gasteiger charge is -2.26. The fourth-order valence-electron chi connectivity index (χ4n) is 2.51. The number of thiophene rings is 2. The number of hydrogen-bond donors (Lipinski definition) is 1. The Morgan fingerprint density at radius 2 is 2.37 bits per heavy atom. The first-order valence-corrected chi connectivity index (χ1v) is 8.02. The van der Waals surface area contributed by atoms with Gasteiger partial charge in [-0.05, 0) is 29.9 Å². The highest BCUT2D eigenvalue weighted by molar-refractivity contribution is 7.16. The lowest BCUT2D eigenvalue weighted by molar-refractivity contribution is 0.261. The van der Waals surface area contributed by atoms with Crippen molar-refractivity contribution < 1.29 is 0 Å². The van der Waals surface area contributed by atoms with E-state index in [4.69, 9.17) is 11.0 Å². The maximum Gasteiger partial charge on any atom is 0.104 e. The molecule has 5 heteroatoms. The van der Waals surface area contributed by atoms with Crippen LogP contribution in [0.15, 0.2) is 17.5 Å². The highest BCUT2D eigenvalue weighted by Crippen LogP contribution is 2.34. The predicted molar refractivity (Wildman–Crippen MR) is 80.5 cm³/mol. The third kappa shape index (κ3) is 2.52. The van der Waals surface area contributed by atoms with E-state index in [0.717, 1.165) is 38.0 Å². The number of fused-ring (bicyclic) bond motifs is 1. The van der Waals surface area contributed by atoms with Crippen molar-refractivity contribution in [2.45, 2.75) is 19.4 Å². The first-order chi connectivity index (χ1) is 9.28. The SMILES string of the molecule is N#Cc1c(N)sc2c1CCN(CCc1cccs1)C2. The van der Waals surface area contributed by atoms with Crippen LogP contribution in [0.2, 0.25) is 0 Å². The monoisotopic (exact) mass is 289 g/mol. The molecule has 2 aromatic heterocycles. The summed E-state index contributed by atoms with van der Waals surface area (Å²) < 4.78 is 0. The van der Waals surface area contributed by atoms with E-state index >= 15 is 0 Å². The van der Waals surface area contributed by atoms with Gasteiger partial charge in [-0.3, -0.25) is 4.90 Å². The summed E-state index contributed by atoms with van der Waals surface area (Å²) >= 11 is 3.40. The minimum atomic E-state index is 0.688. The van der Waals surface area contributed by atoms with Crippen LogP contribution < -0.4 is 5.73 Å². The van der Waals surface area contributed by atoms with Gasteiger partial charge in [-0.2, -0.15) is 5.26 Å². The first kappa shape index (κ1) is 12.7. The smallest absolute Gasteiger partial charge is 0.104 e. The number of hydrogen-bond acceptors (Lipinski definition) is 5. The molecular weight excluding hydrogens is 274 g/mol. The Hall–Kier alpha value is -1.35. The topological polar surface area (TPSA) is 53.1 Å². The molecule has 1 aliphatic heterocycles. The standard InChI is InChI=1S/C14H15N3S2/c15-8-12-11-4-6-17(9-13(11)19-14(12)16)5-3-10-2-1-7-18-10/h1-2,7H,3-6,9,16H2. The average molecular weight is 289 g/mol. The Kier molecular flexibility index (Phi) is 3.56. The third-order valence-electron chi connectivity index (χ3n) is 3.53. The van der Waals surface area contributed by atoms with Gasteiger partial charge in [0.05, 0.1) is 5.56 Å². The third-order valence-corrected chi connectivity index (χ3v) is 5.51. The second kappa shape index (κ2) is 5.33. The lowest BCUT2D eigenvalue weighted by atomic mass is 10.0. The highest BCUT2D eigenvalue weighted by atomic mass is 32.1. The minimum absolute atomic E-state index is 0.688.